The zero-order valence-corrected chi connectivity index (χ0v) is 15.0. The lowest BCUT2D eigenvalue weighted by molar-refractivity contribution is -0.132. The number of ether oxygens (including phenoxy) is 2. The molecule has 3 rings (SSSR count). The van der Waals surface area contributed by atoms with Crippen LogP contribution in [0.3, 0.4) is 0 Å². The van der Waals surface area contributed by atoms with E-state index in [-0.39, 0.29) is 24.9 Å². The van der Waals surface area contributed by atoms with E-state index in [2.05, 4.69) is 5.32 Å². The number of nitrogens with one attached hydrogen (secondary N) is 1. The molecule has 2 atom stereocenters. The number of amides is 1. The number of halogens is 1. The number of likely N-dealkylation sites (tertiary alicyclic amines) is 1. The molecule has 132 valence electrons. The first-order valence-electron chi connectivity index (χ1n) is 8.13. The Morgan fingerprint density at radius 1 is 1.29 bits per heavy atom. The second kappa shape index (κ2) is 8.40. The Kier molecular flexibility index (Phi) is 6.52. The molecular formula is C18H25ClN2O3. The van der Waals surface area contributed by atoms with E-state index in [0.717, 1.165) is 31.7 Å². The van der Waals surface area contributed by atoms with Crippen molar-refractivity contribution in [1.29, 1.82) is 0 Å². The first-order chi connectivity index (χ1) is 11.2. The highest BCUT2D eigenvalue weighted by Gasteiger charge is 2.38. The molecule has 2 fully saturated rings. The van der Waals surface area contributed by atoms with Gasteiger partial charge in [-0.05, 0) is 36.5 Å². The zero-order valence-electron chi connectivity index (χ0n) is 14.2. The number of hydrogen-bond donors (Lipinski definition) is 1. The van der Waals surface area contributed by atoms with Gasteiger partial charge >= 0.3 is 0 Å². The highest BCUT2D eigenvalue weighted by molar-refractivity contribution is 5.85. The summed E-state index contributed by atoms with van der Waals surface area (Å²) in [4.78, 5) is 14.3. The van der Waals surface area contributed by atoms with Crippen molar-refractivity contribution in [2.24, 2.45) is 11.8 Å². The SMILES string of the molecule is C/C=C/c1ccc(OCC(=O)N2C[C@H]3CNC[C@H]3C2)c(OC)c1.Cl. The van der Waals surface area contributed by atoms with E-state index >= 15 is 0 Å². The van der Waals surface area contributed by atoms with Crippen molar-refractivity contribution in [2.75, 3.05) is 39.9 Å². The Bertz CT molecular complexity index is 594. The van der Waals surface area contributed by atoms with Crippen molar-refractivity contribution in [3.63, 3.8) is 0 Å². The van der Waals surface area contributed by atoms with E-state index in [1.807, 2.05) is 42.2 Å². The molecular weight excluding hydrogens is 328 g/mol. The lowest BCUT2D eigenvalue weighted by atomic mass is 10.0. The predicted octanol–water partition coefficient (Wildman–Crippen LogP) is 2.21. The van der Waals surface area contributed by atoms with Gasteiger partial charge in [-0.2, -0.15) is 0 Å². The van der Waals surface area contributed by atoms with Crippen LogP contribution in [0.4, 0.5) is 0 Å². The van der Waals surface area contributed by atoms with Crippen LogP contribution in [0.2, 0.25) is 0 Å². The smallest absolute Gasteiger partial charge is 0.260 e. The lowest BCUT2D eigenvalue weighted by Gasteiger charge is -2.18. The normalized spacial score (nSPS) is 22.3. The van der Waals surface area contributed by atoms with E-state index in [0.29, 0.717) is 23.3 Å². The quantitative estimate of drug-likeness (QED) is 0.882. The minimum absolute atomic E-state index is 0. The number of nitrogens with zero attached hydrogens (tertiary/aromatic N) is 1. The fourth-order valence-corrected chi connectivity index (χ4v) is 3.39. The molecule has 1 amide bonds. The molecule has 1 aromatic rings. The fraction of sp³-hybridized carbons (Fsp3) is 0.500. The van der Waals surface area contributed by atoms with Crippen LogP contribution >= 0.6 is 12.4 Å². The molecule has 0 aromatic heterocycles. The molecule has 5 nitrogen and oxygen atoms in total. The third-order valence-electron chi connectivity index (χ3n) is 4.64. The van der Waals surface area contributed by atoms with Crippen molar-refractivity contribution in [2.45, 2.75) is 6.92 Å². The van der Waals surface area contributed by atoms with E-state index in [1.165, 1.54) is 0 Å². The average Bonchev–Trinajstić information content (AvgIpc) is 3.15. The van der Waals surface area contributed by atoms with Crippen LogP contribution in [0.15, 0.2) is 24.3 Å². The van der Waals surface area contributed by atoms with Gasteiger partial charge in [0.1, 0.15) is 0 Å². The van der Waals surface area contributed by atoms with Gasteiger partial charge in [-0.3, -0.25) is 4.79 Å². The monoisotopic (exact) mass is 352 g/mol. The molecule has 0 saturated carbocycles. The van der Waals surface area contributed by atoms with Crippen LogP contribution in [0.1, 0.15) is 12.5 Å². The van der Waals surface area contributed by atoms with Crippen molar-refractivity contribution in [3.8, 4) is 11.5 Å². The zero-order chi connectivity index (χ0) is 16.2. The topological polar surface area (TPSA) is 50.8 Å². The molecule has 0 bridgehead atoms. The van der Waals surface area contributed by atoms with Crippen LogP contribution in [0.5, 0.6) is 11.5 Å². The Morgan fingerprint density at radius 2 is 2.00 bits per heavy atom. The van der Waals surface area contributed by atoms with Gasteiger partial charge in [0.15, 0.2) is 18.1 Å². The summed E-state index contributed by atoms with van der Waals surface area (Å²) < 4.78 is 11.1. The number of rotatable bonds is 5. The second-order valence-electron chi connectivity index (χ2n) is 6.18. The van der Waals surface area contributed by atoms with Crippen molar-refractivity contribution >= 4 is 24.4 Å². The first-order valence-corrected chi connectivity index (χ1v) is 8.13. The summed E-state index contributed by atoms with van der Waals surface area (Å²) in [6.45, 7) is 5.77. The number of allylic oxidation sites excluding steroid dienone is 1. The molecule has 1 aromatic carbocycles. The average molecular weight is 353 g/mol. The highest BCUT2D eigenvalue weighted by Crippen LogP contribution is 2.29. The minimum Gasteiger partial charge on any atom is -0.493 e. The highest BCUT2D eigenvalue weighted by atomic mass is 35.5. The van der Waals surface area contributed by atoms with E-state index in [1.54, 1.807) is 7.11 Å². The Labute approximate surface area is 149 Å². The van der Waals surface area contributed by atoms with Crippen LogP contribution < -0.4 is 14.8 Å². The van der Waals surface area contributed by atoms with Crippen molar-refractivity contribution in [1.82, 2.24) is 10.2 Å². The minimum atomic E-state index is 0. The Hall–Kier alpha value is -1.72. The summed E-state index contributed by atoms with van der Waals surface area (Å²) in [5.74, 6) is 2.52. The first kappa shape index (κ1) is 18.6. The maximum absolute atomic E-state index is 12.3. The van der Waals surface area contributed by atoms with Gasteiger partial charge < -0.3 is 19.7 Å². The number of fused-ring (bicyclic) bond motifs is 1. The number of carbonyl (C=O) groups excluding carboxylic acids is 1. The standard InChI is InChI=1S/C18H24N2O3.ClH/c1-3-4-13-5-6-16(17(7-13)22-2)23-12-18(21)20-10-14-8-19-9-15(14)11-20;/h3-7,14-15,19H,8-12H2,1-2H3;1H/b4-3+;/t14-,15+;. The second-order valence-corrected chi connectivity index (χ2v) is 6.18. The van der Waals surface area contributed by atoms with Gasteiger partial charge in [-0.1, -0.05) is 18.2 Å². The molecule has 24 heavy (non-hydrogen) atoms. The van der Waals surface area contributed by atoms with E-state index in [4.69, 9.17) is 9.47 Å². The van der Waals surface area contributed by atoms with Crippen LogP contribution in [-0.4, -0.2) is 50.7 Å². The maximum Gasteiger partial charge on any atom is 0.260 e. The summed E-state index contributed by atoms with van der Waals surface area (Å²) >= 11 is 0. The van der Waals surface area contributed by atoms with Crippen molar-refractivity contribution < 1.29 is 14.3 Å². The van der Waals surface area contributed by atoms with Gasteiger partial charge in [-0.25, -0.2) is 0 Å². The van der Waals surface area contributed by atoms with Crippen LogP contribution in [0, 0.1) is 11.8 Å². The van der Waals surface area contributed by atoms with Gasteiger partial charge in [0.2, 0.25) is 0 Å². The molecule has 2 saturated heterocycles. The Morgan fingerprint density at radius 3 is 2.62 bits per heavy atom. The summed E-state index contributed by atoms with van der Waals surface area (Å²) in [7, 11) is 1.61. The molecule has 0 radical (unpaired) electrons. The number of hydrogen-bond acceptors (Lipinski definition) is 4. The van der Waals surface area contributed by atoms with E-state index in [9.17, 15) is 4.79 Å². The van der Waals surface area contributed by atoms with Gasteiger partial charge in [0, 0.05) is 26.2 Å². The molecule has 6 heteroatoms. The number of benzene rings is 1. The predicted molar refractivity (Wildman–Crippen MR) is 96.9 cm³/mol. The Balaban J connectivity index is 0.00000208. The maximum atomic E-state index is 12.3. The van der Waals surface area contributed by atoms with Crippen molar-refractivity contribution in [3.05, 3.63) is 29.8 Å². The van der Waals surface area contributed by atoms with Crippen LogP contribution in [0.25, 0.3) is 6.08 Å². The summed E-state index contributed by atoms with van der Waals surface area (Å²) in [5, 5.41) is 3.38. The third-order valence-corrected chi connectivity index (χ3v) is 4.64. The lowest BCUT2D eigenvalue weighted by Crippen LogP contribution is -2.35. The van der Waals surface area contributed by atoms with Gasteiger partial charge in [0.25, 0.3) is 5.91 Å². The van der Waals surface area contributed by atoms with Gasteiger partial charge in [0.05, 0.1) is 7.11 Å². The largest absolute Gasteiger partial charge is 0.493 e. The summed E-state index contributed by atoms with van der Waals surface area (Å²) in [6, 6.07) is 5.71. The molecule has 2 aliphatic rings. The number of methoxy groups -OCH3 is 1. The van der Waals surface area contributed by atoms with Crippen LogP contribution in [-0.2, 0) is 4.79 Å². The van der Waals surface area contributed by atoms with Gasteiger partial charge in [-0.15, -0.1) is 12.4 Å². The number of carbonyl (C=O) groups is 1. The summed E-state index contributed by atoms with van der Waals surface area (Å²) in [6.07, 6.45) is 3.96. The van der Waals surface area contributed by atoms with E-state index < -0.39 is 0 Å². The molecule has 2 heterocycles. The summed E-state index contributed by atoms with van der Waals surface area (Å²) in [5.41, 5.74) is 1.04. The molecule has 0 aliphatic carbocycles. The molecule has 1 N–H and O–H groups in total. The molecule has 0 spiro atoms. The molecule has 2 aliphatic heterocycles. The third kappa shape index (κ3) is 4.02. The fourth-order valence-electron chi connectivity index (χ4n) is 3.39. The molecule has 0 unspecified atom stereocenters.